The highest BCUT2D eigenvalue weighted by Gasteiger charge is 2.17. The Morgan fingerprint density at radius 3 is 2.86 bits per heavy atom. The van der Waals surface area contributed by atoms with Gasteiger partial charge in [0.25, 0.3) is 0 Å². The van der Waals surface area contributed by atoms with Crippen molar-refractivity contribution in [3.8, 4) is 0 Å². The summed E-state index contributed by atoms with van der Waals surface area (Å²) in [6.45, 7) is 3.04. The normalized spacial score (nSPS) is 12.4. The van der Waals surface area contributed by atoms with Gasteiger partial charge in [-0.05, 0) is 33.2 Å². The summed E-state index contributed by atoms with van der Waals surface area (Å²) in [6.07, 6.45) is 2.38. The third-order valence-electron chi connectivity index (χ3n) is 3.28. The zero-order valence-electron chi connectivity index (χ0n) is 13.1. The summed E-state index contributed by atoms with van der Waals surface area (Å²) in [5.74, 6) is 0.836. The van der Waals surface area contributed by atoms with Gasteiger partial charge in [0.2, 0.25) is 0 Å². The van der Waals surface area contributed by atoms with Crippen molar-refractivity contribution in [1.82, 2.24) is 20.5 Å². The van der Waals surface area contributed by atoms with Crippen LogP contribution in [0, 0.1) is 6.92 Å². The number of hydrogen-bond acceptors (Lipinski definition) is 5. The monoisotopic (exact) mass is 322 g/mol. The van der Waals surface area contributed by atoms with Crippen molar-refractivity contribution in [2.75, 3.05) is 27.2 Å². The lowest BCUT2D eigenvalue weighted by molar-refractivity contribution is 0.225. The maximum absolute atomic E-state index is 11.8. The SMILES string of the molecule is Cc1nc(CCNC(=O)NC[C@H](c2ccco2)N(C)C)cs1. The summed E-state index contributed by atoms with van der Waals surface area (Å²) in [5.41, 5.74) is 1.02. The molecule has 0 saturated heterocycles. The second-order valence-electron chi connectivity index (χ2n) is 5.24. The van der Waals surface area contributed by atoms with E-state index in [2.05, 4.69) is 15.6 Å². The Kier molecular flexibility index (Phi) is 5.97. The minimum atomic E-state index is -0.176. The van der Waals surface area contributed by atoms with Crippen molar-refractivity contribution >= 4 is 17.4 Å². The van der Waals surface area contributed by atoms with Gasteiger partial charge < -0.3 is 15.1 Å². The Labute approximate surface area is 134 Å². The van der Waals surface area contributed by atoms with Crippen molar-refractivity contribution in [3.63, 3.8) is 0 Å². The highest BCUT2D eigenvalue weighted by Crippen LogP contribution is 2.17. The smallest absolute Gasteiger partial charge is 0.314 e. The molecule has 22 heavy (non-hydrogen) atoms. The van der Waals surface area contributed by atoms with Gasteiger partial charge in [0.15, 0.2) is 0 Å². The average Bonchev–Trinajstić information content (AvgIpc) is 3.11. The fourth-order valence-electron chi connectivity index (χ4n) is 2.10. The number of nitrogens with one attached hydrogen (secondary N) is 2. The fourth-order valence-corrected chi connectivity index (χ4v) is 2.74. The molecule has 0 aliphatic carbocycles. The van der Waals surface area contributed by atoms with E-state index in [-0.39, 0.29) is 12.1 Å². The molecule has 0 saturated carbocycles. The Balaban J connectivity index is 1.72. The van der Waals surface area contributed by atoms with Gasteiger partial charge in [-0.25, -0.2) is 9.78 Å². The van der Waals surface area contributed by atoms with Crippen molar-refractivity contribution in [2.45, 2.75) is 19.4 Å². The van der Waals surface area contributed by atoms with Gasteiger partial charge in [-0.2, -0.15) is 0 Å². The quantitative estimate of drug-likeness (QED) is 0.820. The van der Waals surface area contributed by atoms with Gasteiger partial charge in [0.1, 0.15) is 5.76 Å². The first-order valence-electron chi connectivity index (χ1n) is 7.19. The Hall–Kier alpha value is -1.86. The Morgan fingerprint density at radius 1 is 1.45 bits per heavy atom. The lowest BCUT2D eigenvalue weighted by atomic mass is 10.2. The second kappa shape index (κ2) is 7.95. The summed E-state index contributed by atoms with van der Waals surface area (Å²) < 4.78 is 5.41. The maximum atomic E-state index is 11.8. The molecular weight excluding hydrogens is 300 g/mol. The first-order valence-corrected chi connectivity index (χ1v) is 8.06. The topological polar surface area (TPSA) is 70.4 Å². The summed E-state index contributed by atoms with van der Waals surface area (Å²) in [6, 6.07) is 3.60. The second-order valence-corrected chi connectivity index (χ2v) is 6.30. The van der Waals surface area contributed by atoms with E-state index in [0.717, 1.165) is 22.9 Å². The molecule has 2 aromatic rings. The molecule has 120 valence electrons. The first-order chi connectivity index (χ1) is 10.6. The molecule has 0 aliphatic rings. The molecule has 6 nitrogen and oxygen atoms in total. The molecule has 0 spiro atoms. The van der Waals surface area contributed by atoms with Crippen LogP contribution in [0.4, 0.5) is 4.79 Å². The van der Waals surface area contributed by atoms with Crippen LogP contribution in [0.3, 0.4) is 0 Å². The van der Waals surface area contributed by atoms with E-state index in [1.54, 1.807) is 17.6 Å². The highest BCUT2D eigenvalue weighted by molar-refractivity contribution is 7.09. The molecule has 0 fully saturated rings. The van der Waals surface area contributed by atoms with E-state index in [1.807, 2.05) is 43.4 Å². The van der Waals surface area contributed by atoms with Crippen LogP contribution >= 0.6 is 11.3 Å². The molecule has 0 radical (unpaired) electrons. The van der Waals surface area contributed by atoms with Crippen LogP contribution in [0.1, 0.15) is 22.5 Å². The Morgan fingerprint density at radius 2 is 2.27 bits per heavy atom. The van der Waals surface area contributed by atoms with Gasteiger partial charge in [-0.3, -0.25) is 4.90 Å². The van der Waals surface area contributed by atoms with Crippen LogP contribution in [-0.4, -0.2) is 43.1 Å². The molecule has 2 N–H and O–H groups in total. The molecule has 2 aromatic heterocycles. The molecule has 2 heterocycles. The first kappa shape index (κ1) is 16.5. The molecule has 0 aromatic carbocycles. The van der Waals surface area contributed by atoms with Gasteiger partial charge in [0.05, 0.1) is 23.0 Å². The molecule has 7 heteroatoms. The molecular formula is C15H22N4O2S. The van der Waals surface area contributed by atoms with Crippen molar-refractivity contribution in [1.29, 1.82) is 0 Å². The minimum Gasteiger partial charge on any atom is -0.468 e. The molecule has 0 aliphatic heterocycles. The van der Waals surface area contributed by atoms with E-state index in [4.69, 9.17) is 4.42 Å². The highest BCUT2D eigenvalue weighted by atomic mass is 32.1. The molecule has 2 rings (SSSR count). The number of rotatable bonds is 7. The van der Waals surface area contributed by atoms with Crippen LogP contribution in [0.25, 0.3) is 0 Å². The zero-order chi connectivity index (χ0) is 15.9. The molecule has 0 unspecified atom stereocenters. The lowest BCUT2D eigenvalue weighted by Gasteiger charge is -2.22. The van der Waals surface area contributed by atoms with Crippen molar-refractivity contribution < 1.29 is 9.21 Å². The minimum absolute atomic E-state index is 0.0157. The predicted molar refractivity (Wildman–Crippen MR) is 87.1 cm³/mol. The average molecular weight is 322 g/mol. The van der Waals surface area contributed by atoms with Crippen molar-refractivity contribution in [3.05, 3.63) is 40.2 Å². The zero-order valence-corrected chi connectivity index (χ0v) is 13.9. The number of likely N-dealkylation sites (N-methyl/N-ethyl adjacent to an activating group) is 1. The number of carbonyl (C=O) groups excluding carboxylic acids is 1. The third-order valence-corrected chi connectivity index (χ3v) is 4.11. The number of nitrogens with zero attached hydrogens (tertiary/aromatic N) is 2. The lowest BCUT2D eigenvalue weighted by Crippen LogP contribution is -2.41. The summed E-state index contributed by atoms with van der Waals surface area (Å²) >= 11 is 1.62. The van der Waals surface area contributed by atoms with Gasteiger partial charge in [-0.15, -0.1) is 11.3 Å². The number of furan rings is 1. The van der Waals surface area contributed by atoms with Crippen LogP contribution in [-0.2, 0) is 6.42 Å². The van der Waals surface area contributed by atoms with E-state index >= 15 is 0 Å². The van der Waals surface area contributed by atoms with Crippen molar-refractivity contribution in [2.24, 2.45) is 0 Å². The molecule has 1 atom stereocenters. The largest absolute Gasteiger partial charge is 0.468 e. The number of aryl methyl sites for hydroxylation is 1. The van der Waals surface area contributed by atoms with Gasteiger partial charge >= 0.3 is 6.03 Å². The Bertz CT molecular complexity index is 580. The standard InChI is InChI=1S/C15H22N4O2S/c1-11-18-12(10-22-11)6-7-16-15(20)17-9-13(19(2)3)14-5-4-8-21-14/h4-5,8,10,13H,6-7,9H2,1-3H3,(H2,16,17,20)/t13-/m1/s1. The number of hydrogen-bond donors (Lipinski definition) is 2. The van der Waals surface area contributed by atoms with Crippen LogP contribution in [0.5, 0.6) is 0 Å². The molecule has 2 amide bonds. The van der Waals surface area contributed by atoms with E-state index in [0.29, 0.717) is 13.1 Å². The summed E-state index contributed by atoms with van der Waals surface area (Å²) in [7, 11) is 3.91. The van der Waals surface area contributed by atoms with Gasteiger partial charge in [-0.1, -0.05) is 0 Å². The number of carbonyl (C=O) groups is 1. The maximum Gasteiger partial charge on any atom is 0.314 e. The van der Waals surface area contributed by atoms with Gasteiger partial charge in [0, 0.05) is 24.9 Å². The number of aromatic nitrogens is 1. The molecule has 0 bridgehead atoms. The third kappa shape index (κ3) is 4.85. The van der Waals surface area contributed by atoms with Crippen LogP contribution in [0.15, 0.2) is 28.2 Å². The van der Waals surface area contributed by atoms with Crippen LogP contribution in [0.2, 0.25) is 0 Å². The summed E-state index contributed by atoms with van der Waals surface area (Å²) in [5, 5.41) is 8.79. The number of urea groups is 1. The number of amides is 2. The van der Waals surface area contributed by atoms with E-state index in [1.165, 1.54) is 0 Å². The van der Waals surface area contributed by atoms with E-state index in [9.17, 15) is 4.79 Å². The number of thiazole rings is 1. The van der Waals surface area contributed by atoms with Crippen LogP contribution < -0.4 is 10.6 Å². The van der Waals surface area contributed by atoms with E-state index < -0.39 is 0 Å². The summed E-state index contributed by atoms with van der Waals surface area (Å²) in [4.78, 5) is 18.2. The fraction of sp³-hybridized carbons (Fsp3) is 0.467. The predicted octanol–water partition coefficient (Wildman–Crippen LogP) is 2.19.